The summed E-state index contributed by atoms with van der Waals surface area (Å²) in [4.78, 5) is 11.8. The lowest BCUT2D eigenvalue weighted by Crippen LogP contribution is -2.51. The maximum atomic E-state index is 11.8. The number of rotatable bonds is 6. The second kappa shape index (κ2) is 7.88. The van der Waals surface area contributed by atoms with Gasteiger partial charge in [0.1, 0.15) is 11.4 Å². The Balaban J connectivity index is 2.47. The first kappa shape index (κ1) is 19.6. The smallest absolute Gasteiger partial charge is 0.408 e. The summed E-state index contributed by atoms with van der Waals surface area (Å²) >= 11 is 6.10. The molecule has 6 heteroatoms. The third kappa shape index (κ3) is 7.57. The van der Waals surface area contributed by atoms with Crippen LogP contribution < -0.4 is 15.4 Å². The first-order valence-electron chi connectivity index (χ1n) is 7.57. The molecule has 0 bridgehead atoms. The minimum absolute atomic E-state index is 0.420. The summed E-state index contributed by atoms with van der Waals surface area (Å²) in [6.45, 7) is 10.6. The Labute approximate surface area is 143 Å². The zero-order valence-electron chi connectivity index (χ0n) is 14.7. The lowest BCUT2D eigenvalue weighted by Gasteiger charge is -2.29. The fraction of sp³-hybridized carbons (Fsp3) is 0.588. The van der Waals surface area contributed by atoms with Crippen molar-refractivity contribution in [3.8, 4) is 5.75 Å². The van der Waals surface area contributed by atoms with Crippen molar-refractivity contribution in [1.29, 1.82) is 0 Å². The van der Waals surface area contributed by atoms with Gasteiger partial charge in [0, 0.05) is 13.1 Å². The Hall–Kier alpha value is -1.46. The SMILES string of the molecule is COc1ccc(CNCC(C)(C)NC(=O)OC(C)(C)C)cc1Cl. The average Bonchev–Trinajstić information content (AvgIpc) is 2.35. The highest BCUT2D eigenvalue weighted by atomic mass is 35.5. The van der Waals surface area contributed by atoms with Gasteiger partial charge in [0.2, 0.25) is 0 Å². The Morgan fingerprint density at radius 2 is 1.87 bits per heavy atom. The number of alkyl carbamates (subject to hydrolysis) is 1. The Morgan fingerprint density at radius 1 is 1.22 bits per heavy atom. The number of hydrogen-bond donors (Lipinski definition) is 2. The van der Waals surface area contributed by atoms with Gasteiger partial charge in [-0.25, -0.2) is 4.79 Å². The molecule has 23 heavy (non-hydrogen) atoms. The molecule has 1 rings (SSSR count). The van der Waals surface area contributed by atoms with E-state index in [4.69, 9.17) is 21.1 Å². The molecule has 0 aliphatic rings. The van der Waals surface area contributed by atoms with Gasteiger partial charge in [-0.3, -0.25) is 0 Å². The van der Waals surface area contributed by atoms with Crippen LogP contribution in [-0.2, 0) is 11.3 Å². The maximum absolute atomic E-state index is 11.8. The summed E-state index contributed by atoms with van der Waals surface area (Å²) in [6.07, 6.45) is -0.420. The molecule has 0 radical (unpaired) electrons. The van der Waals surface area contributed by atoms with Crippen LogP contribution in [0, 0.1) is 0 Å². The van der Waals surface area contributed by atoms with E-state index in [9.17, 15) is 4.79 Å². The van der Waals surface area contributed by atoms with E-state index >= 15 is 0 Å². The maximum Gasteiger partial charge on any atom is 0.408 e. The molecule has 0 aromatic heterocycles. The number of amides is 1. The van der Waals surface area contributed by atoms with E-state index in [1.165, 1.54) is 0 Å². The van der Waals surface area contributed by atoms with Gasteiger partial charge in [-0.2, -0.15) is 0 Å². The van der Waals surface area contributed by atoms with Crippen molar-refractivity contribution >= 4 is 17.7 Å². The molecule has 1 aromatic rings. The van der Waals surface area contributed by atoms with Crippen LogP contribution >= 0.6 is 11.6 Å². The van der Waals surface area contributed by atoms with Crippen LogP contribution in [0.15, 0.2) is 18.2 Å². The van der Waals surface area contributed by atoms with Crippen molar-refractivity contribution < 1.29 is 14.3 Å². The van der Waals surface area contributed by atoms with Gasteiger partial charge in [-0.15, -0.1) is 0 Å². The van der Waals surface area contributed by atoms with E-state index in [0.717, 1.165) is 5.56 Å². The van der Waals surface area contributed by atoms with Crippen LogP contribution in [0.25, 0.3) is 0 Å². The van der Waals surface area contributed by atoms with Crippen molar-refractivity contribution in [3.63, 3.8) is 0 Å². The predicted octanol–water partition coefficient (Wildman–Crippen LogP) is 3.74. The van der Waals surface area contributed by atoms with E-state index in [0.29, 0.717) is 23.9 Å². The van der Waals surface area contributed by atoms with Gasteiger partial charge in [0.25, 0.3) is 0 Å². The summed E-state index contributed by atoms with van der Waals surface area (Å²) in [5.41, 5.74) is 0.107. The summed E-state index contributed by atoms with van der Waals surface area (Å²) in [5.74, 6) is 0.655. The van der Waals surface area contributed by atoms with Crippen LogP contribution in [0.2, 0.25) is 5.02 Å². The van der Waals surface area contributed by atoms with Crippen LogP contribution in [0.4, 0.5) is 4.79 Å². The molecule has 0 saturated carbocycles. The predicted molar refractivity (Wildman–Crippen MR) is 93.2 cm³/mol. The minimum atomic E-state index is -0.507. The van der Waals surface area contributed by atoms with E-state index in [1.54, 1.807) is 7.11 Å². The number of ether oxygens (including phenoxy) is 2. The molecule has 0 unspecified atom stereocenters. The highest BCUT2D eigenvalue weighted by Gasteiger charge is 2.24. The van der Waals surface area contributed by atoms with Gasteiger partial charge in [-0.1, -0.05) is 17.7 Å². The van der Waals surface area contributed by atoms with E-state index in [-0.39, 0.29) is 0 Å². The summed E-state index contributed by atoms with van der Waals surface area (Å²) < 4.78 is 10.4. The van der Waals surface area contributed by atoms with E-state index < -0.39 is 17.2 Å². The molecular formula is C17H27ClN2O3. The molecule has 0 saturated heterocycles. The number of nitrogens with one attached hydrogen (secondary N) is 2. The summed E-state index contributed by atoms with van der Waals surface area (Å²) in [5, 5.41) is 6.75. The fourth-order valence-electron chi connectivity index (χ4n) is 1.96. The second-order valence-corrected chi connectivity index (χ2v) is 7.49. The number of hydrogen-bond acceptors (Lipinski definition) is 4. The molecular weight excluding hydrogens is 316 g/mol. The molecule has 0 aliphatic heterocycles. The third-order valence-corrected chi connectivity index (χ3v) is 3.25. The number of methoxy groups -OCH3 is 1. The van der Waals surface area contributed by atoms with Crippen LogP contribution in [-0.4, -0.2) is 30.9 Å². The van der Waals surface area contributed by atoms with Crippen LogP contribution in [0.3, 0.4) is 0 Å². The second-order valence-electron chi connectivity index (χ2n) is 7.08. The molecule has 5 nitrogen and oxygen atoms in total. The Morgan fingerprint density at radius 3 is 2.39 bits per heavy atom. The average molecular weight is 343 g/mol. The van der Waals surface area contributed by atoms with E-state index in [1.807, 2.05) is 52.8 Å². The van der Waals surface area contributed by atoms with Crippen LogP contribution in [0.5, 0.6) is 5.75 Å². The van der Waals surface area contributed by atoms with Crippen molar-refractivity contribution in [2.45, 2.75) is 52.3 Å². The largest absolute Gasteiger partial charge is 0.495 e. The number of carbonyl (C=O) groups excluding carboxylic acids is 1. The number of halogens is 1. The minimum Gasteiger partial charge on any atom is -0.495 e. The monoisotopic (exact) mass is 342 g/mol. The summed E-state index contributed by atoms with van der Waals surface area (Å²) in [7, 11) is 1.59. The molecule has 0 aliphatic carbocycles. The molecule has 2 N–H and O–H groups in total. The first-order valence-corrected chi connectivity index (χ1v) is 7.94. The molecule has 0 spiro atoms. The molecule has 0 fully saturated rings. The van der Waals surface area contributed by atoms with Gasteiger partial charge in [0.15, 0.2) is 0 Å². The molecule has 1 amide bonds. The van der Waals surface area contributed by atoms with Crippen molar-refractivity contribution in [2.24, 2.45) is 0 Å². The third-order valence-electron chi connectivity index (χ3n) is 2.95. The van der Waals surface area contributed by atoms with Gasteiger partial charge in [0.05, 0.1) is 17.7 Å². The Bertz CT molecular complexity index is 539. The highest BCUT2D eigenvalue weighted by Crippen LogP contribution is 2.24. The molecule has 0 atom stereocenters. The zero-order valence-corrected chi connectivity index (χ0v) is 15.5. The fourth-order valence-corrected chi connectivity index (χ4v) is 2.24. The topological polar surface area (TPSA) is 59.6 Å². The molecule has 1 aromatic carbocycles. The van der Waals surface area contributed by atoms with Gasteiger partial charge >= 0.3 is 6.09 Å². The standard InChI is InChI=1S/C17H27ClN2O3/c1-16(2,3)23-15(21)20-17(4,5)11-19-10-12-7-8-14(22-6)13(18)9-12/h7-9,19H,10-11H2,1-6H3,(H,20,21). The van der Waals surface area contributed by atoms with E-state index in [2.05, 4.69) is 10.6 Å². The quantitative estimate of drug-likeness (QED) is 0.826. The lowest BCUT2D eigenvalue weighted by atomic mass is 10.1. The van der Waals surface area contributed by atoms with Crippen molar-refractivity contribution in [2.75, 3.05) is 13.7 Å². The molecule has 130 valence electrons. The van der Waals surface area contributed by atoms with Gasteiger partial charge < -0.3 is 20.1 Å². The zero-order chi connectivity index (χ0) is 17.7. The first-order chi connectivity index (χ1) is 10.5. The lowest BCUT2D eigenvalue weighted by molar-refractivity contribution is 0.0472. The number of benzene rings is 1. The normalized spacial score (nSPS) is 12.0. The van der Waals surface area contributed by atoms with Crippen LogP contribution in [0.1, 0.15) is 40.2 Å². The van der Waals surface area contributed by atoms with Crippen molar-refractivity contribution in [3.05, 3.63) is 28.8 Å². The van der Waals surface area contributed by atoms with Gasteiger partial charge in [-0.05, 0) is 52.3 Å². The summed E-state index contributed by atoms with van der Waals surface area (Å²) in [6, 6.07) is 5.65. The Kier molecular flexibility index (Phi) is 6.71. The number of carbonyl (C=O) groups is 1. The van der Waals surface area contributed by atoms with Crippen molar-refractivity contribution in [1.82, 2.24) is 10.6 Å². The highest BCUT2D eigenvalue weighted by molar-refractivity contribution is 6.32. The molecule has 0 heterocycles.